The highest BCUT2D eigenvalue weighted by Crippen LogP contribution is 2.31. The minimum absolute atomic E-state index is 0.228. The fourth-order valence-electron chi connectivity index (χ4n) is 2.50. The Hall–Kier alpha value is -3.55. The number of methoxy groups -OCH3 is 1. The van der Waals surface area contributed by atoms with Gasteiger partial charge in [0, 0.05) is 0 Å². The van der Waals surface area contributed by atoms with Crippen LogP contribution in [0.2, 0.25) is 10.0 Å². The van der Waals surface area contributed by atoms with Crippen molar-refractivity contribution in [1.29, 1.82) is 0 Å². The zero-order valence-electron chi connectivity index (χ0n) is 16.9. The molecular weight excluding hydrogens is 455 g/mol. The molecule has 32 heavy (non-hydrogen) atoms. The van der Waals surface area contributed by atoms with Crippen molar-refractivity contribution < 1.29 is 23.8 Å². The molecule has 0 aromatic heterocycles. The lowest BCUT2D eigenvalue weighted by Crippen LogP contribution is -2.24. The second-order valence-electron chi connectivity index (χ2n) is 6.32. The Morgan fingerprint density at radius 1 is 1.00 bits per heavy atom. The van der Waals surface area contributed by atoms with Crippen molar-refractivity contribution in [3.8, 4) is 17.2 Å². The van der Waals surface area contributed by atoms with Crippen molar-refractivity contribution in [3.63, 3.8) is 0 Å². The van der Waals surface area contributed by atoms with Gasteiger partial charge in [-0.05, 0) is 54.1 Å². The standard InChI is InChI=1S/C23H18Cl2N2O5/c1-30-17-10-8-16(9-11-17)23(29)32-18-5-2-4-15(12-18)13-26-27-21(28)14-31-20-7-3-6-19(24)22(20)25/h2-13H,14H2,1H3,(H,27,28)/b26-13+. The number of hydrogen-bond acceptors (Lipinski definition) is 6. The monoisotopic (exact) mass is 472 g/mol. The van der Waals surface area contributed by atoms with Crippen LogP contribution in [0.15, 0.2) is 71.8 Å². The zero-order chi connectivity index (χ0) is 22.9. The molecule has 0 spiro atoms. The number of hydrazone groups is 1. The van der Waals surface area contributed by atoms with Crippen molar-refractivity contribution >= 4 is 41.3 Å². The molecule has 3 aromatic carbocycles. The van der Waals surface area contributed by atoms with Crippen LogP contribution in [0, 0.1) is 0 Å². The molecule has 0 unspecified atom stereocenters. The summed E-state index contributed by atoms with van der Waals surface area (Å²) in [5.74, 6) is 0.277. The third-order valence-electron chi connectivity index (χ3n) is 4.07. The molecular formula is C23H18Cl2N2O5. The Labute approximate surface area is 194 Å². The largest absolute Gasteiger partial charge is 0.497 e. The van der Waals surface area contributed by atoms with E-state index < -0.39 is 11.9 Å². The molecule has 0 fully saturated rings. The summed E-state index contributed by atoms with van der Waals surface area (Å²) in [4.78, 5) is 24.2. The summed E-state index contributed by atoms with van der Waals surface area (Å²) in [6, 6.07) is 18.1. The molecule has 0 saturated heterocycles. The van der Waals surface area contributed by atoms with E-state index >= 15 is 0 Å². The third kappa shape index (κ3) is 6.47. The number of hydrogen-bond donors (Lipinski definition) is 1. The normalized spacial score (nSPS) is 10.6. The predicted octanol–water partition coefficient (Wildman–Crippen LogP) is 4.75. The van der Waals surface area contributed by atoms with Gasteiger partial charge in [-0.3, -0.25) is 4.79 Å². The van der Waals surface area contributed by atoms with Crippen LogP contribution in [0.3, 0.4) is 0 Å². The maximum absolute atomic E-state index is 12.3. The number of benzene rings is 3. The minimum Gasteiger partial charge on any atom is -0.497 e. The van der Waals surface area contributed by atoms with Crippen molar-refractivity contribution in [1.82, 2.24) is 5.43 Å². The summed E-state index contributed by atoms with van der Waals surface area (Å²) in [6.07, 6.45) is 1.41. The zero-order valence-corrected chi connectivity index (χ0v) is 18.4. The highest BCUT2D eigenvalue weighted by molar-refractivity contribution is 6.42. The van der Waals surface area contributed by atoms with E-state index in [0.29, 0.717) is 33.4 Å². The van der Waals surface area contributed by atoms with Gasteiger partial charge in [-0.1, -0.05) is 41.4 Å². The third-order valence-corrected chi connectivity index (χ3v) is 4.87. The second kappa shape index (κ2) is 11.2. The van der Waals surface area contributed by atoms with Gasteiger partial charge in [-0.2, -0.15) is 5.10 Å². The lowest BCUT2D eigenvalue weighted by molar-refractivity contribution is -0.123. The van der Waals surface area contributed by atoms with Gasteiger partial charge in [0.15, 0.2) is 6.61 Å². The molecule has 0 bridgehead atoms. The van der Waals surface area contributed by atoms with E-state index in [0.717, 1.165) is 0 Å². The Bertz CT molecular complexity index is 1130. The number of nitrogens with zero attached hydrogens (tertiary/aromatic N) is 1. The second-order valence-corrected chi connectivity index (χ2v) is 7.11. The number of rotatable bonds is 8. The Balaban J connectivity index is 1.52. The summed E-state index contributed by atoms with van der Waals surface area (Å²) in [7, 11) is 1.55. The number of carbonyl (C=O) groups is 2. The van der Waals surface area contributed by atoms with Gasteiger partial charge in [0.2, 0.25) is 0 Å². The van der Waals surface area contributed by atoms with Gasteiger partial charge in [0.1, 0.15) is 22.3 Å². The first-order chi connectivity index (χ1) is 15.5. The van der Waals surface area contributed by atoms with Crippen molar-refractivity contribution in [2.24, 2.45) is 5.10 Å². The van der Waals surface area contributed by atoms with Gasteiger partial charge in [-0.15, -0.1) is 0 Å². The Kier molecular flexibility index (Phi) is 8.08. The predicted molar refractivity (Wildman–Crippen MR) is 122 cm³/mol. The van der Waals surface area contributed by atoms with Crippen molar-refractivity contribution in [2.45, 2.75) is 0 Å². The molecule has 1 N–H and O–H groups in total. The minimum atomic E-state index is -0.508. The van der Waals surface area contributed by atoms with Crippen molar-refractivity contribution in [2.75, 3.05) is 13.7 Å². The van der Waals surface area contributed by atoms with Gasteiger partial charge in [-0.25, -0.2) is 10.2 Å². The van der Waals surface area contributed by atoms with Crippen LogP contribution >= 0.6 is 23.2 Å². The van der Waals surface area contributed by atoms with Gasteiger partial charge >= 0.3 is 5.97 Å². The number of esters is 1. The average Bonchev–Trinajstić information content (AvgIpc) is 2.80. The highest BCUT2D eigenvalue weighted by Gasteiger charge is 2.10. The van der Waals surface area contributed by atoms with Gasteiger partial charge in [0.05, 0.1) is 23.9 Å². The highest BCUT2D eigenvalue weighted by atomic mass is 35.5. The summed E-state index contributed by atoms with van der Waals surface area (Å²) >= 11 is 11.9. The maximum Gasteiger partial charge on any atom is 0.343 e. The number of halogens is 2. The van der Waals surface area contributed by atoms with E-state index in [1.165, 1.54) is 6.21 Å². The fraction of sp³-hybridized carbons (Fsp3) is 0.0870. The lowest BCUT2D eigenvalue weighted by atomic mass is 10.2. The molecule has 7 nitrogen and oxygen atoms in total. The van der Waals surface area contributed by atoms with E-state index in [1.807, 2.05) is 0 Å². The number of ether oxygens (including phenoxy) is 3. The van der Waals surface area contributed by atoms with E-state index in [1.54, 1.807) is 73.8 Å². The molecule has 0 saturated carbocycles. The first-order valence-corrected chi connectivity index (χ1v) is 10.1. The summed E-state index contributed by atoms with van der Waals surface area (Å²) in [6.45, 7) is -0.295. The molecule has 9 heteroatoms. The fourth-order valence-corrected chi connectivity index (χ4v) is 2.85. The Morgan fingerprint density at radius 2 is 1.75 bits per heavy atom. The van der Waals surface area contributed by atoms with Crippen molar-refractivity contribution in [3.05, 3.63) is 87.9 Å². The maximum atomic E-state index is 12.3. The molecule has 164 valence electrons. The summed E-state index contributed by atoms with van der Waals surface area (Å²) in [5.41, 5.74) is 3.34. The lowest BCUT2D eigenvalue weighted by Gasteiger charge is -2.07. The van der Waals surface area contributed by atoms with Crippen LogP contribution in [-0.2, 0) is 4.79 Å². The van der Waals surface area contributed by atoms with E-state index in [-0.39, 0.29) is 11.6 Å². The van der Waals surface area contributed by atoms with E-state index in [4.69, 9.17) is 37.4 Å². The van der Waals surface area contributed by atoms with Crippen LogP contribution in [0.25, 0.3) is 0 Å². The quantitative estimate of drug-likeness (QED) is 0.221. The van der Waals surface area contributed by atoms with Crippen LogP contribution in [0.1, 0.15) is 15.9 Å². The Morgan fingerprint density at radius 3 is 2.50 bits per heavy atom. The van der Waals surface area contributed by atoms with E-state index in [2.05, 4.69) is 10.5 Å². The molecule has 1 amide bonds. The first kappa shape index (κ1) is 23.1. The van der Waals surface area contributed by atoms with Crippen LogP contribution in [0.5, 0.6) is 17.2 Å². The van der Waals surface area contributed by atoms with Crippen LogP contribution < -0.4 is 19.6 Å². The first-order valence-electron chi connectivity index (χ1n) is 9.31. The molecule has 0 atom stereocenters. The SMILES string of the molecule is COc1ccc(C(=O)Oc2cccc(/C=N/NC(=O)COc3cccc(Cl)c3Cl)c2)cc1. The molecule has 3 aromatic rings. The average molecular weight is 473 g/mol. The summed E-state index contributed by atoms with van der Waals surface area (Å²) in [5, 5.41) is 4.43. The molecule has 0 aliphatic carbocycles. The smallest absolute Gasteiger partial charge is 0.343 e. The summed E-state index contributed by atoms with van der Waals surface area (Å²) < 4.78 is 15.8. The van der Waals surface area contributed by atoms with Crippen LogP contribution in [0.4, 0.5) is 0 Å². The molecule has 0 heterocycles. The topological polar surface area (TPSA) is 86.2 Å². The molecule has 0 aliphatic rings. The van der Waals surface area contributed by atoms with Crippen LogP contribution in [-0.4, -0.2) is 31.8 Å². The number of amides is 1. The van der Waals surface area contributed by atoms with E-state index in [9.17, 15) is 9.59 Å². The number of carbonyl (C=O) groups excluding carboxylic acids is 2. The molecule has 0 aliphatic heterocycles. The van der Waals surface area contributed by atoms with Gasteiger partial charge in [0.25, 0.3) is 5.91 Å². The molecule has 3 rings (SSSR count). The molecule has 0 radical (unpaired) electrons. The van der Waals surface area contributed by atoms with Gasteiger partial charge < -0.3 is 14.2 Å². The number of nitrogens with one attached hydrogen (secondary N) is 1.